The van der Waals surface area contributed by atoms with E-state index in [0.717, 1.165) is 11.1 Å². The largest absolute Gasteiger partial charge is 0.481 e. The third kappa shape index (κ3) is 3.72. The molecule has 0 unspecified atom stereocenters. The van der Waals surface area contributed by atoms with Crippen LogP contribution in [-0.4, -0.2) is 33.7 Å². The highest BCUT2D eigenvalue weighted by Gasteiger charge is 2.19. The van der Waals surface area contributed by atoms with Crippen LogP contribution in [0.4, 0.5) is 0 Å². The molecule has 2 N–H and O–H groups in total. The summed E-state index contributed by atoms with van der Waals surface area (Å²) in [6, 6.07) is 9.52. The first-order valence-electron chi connectivity index (χ1n) is 8.30. The molecule has 0 saturated heterocycles. The molecule has 1 aromatic carbocycles. The van der Waals surface area contributed by atoms with Crippen LogP contribution in [0.15, 0.2) is 34.9 Å². The molecule has 0 fully saturated rings. The Hall–Kier alpha value is -3.22. The Labute approximate surface area is 150 Å². The van der Waals surface area contributed by atoms with E-state index in [0.29, 0.717) is 34.5 Å². The summed E-state index contributed by atoms with van der Waals surface area (Å²) in [7, 11) is 0. The fourth-order valence-corrected chi connectivity index (χ4v) is 2.68. The lowest BCUT2D eigenvalue weighted by molar-refractivity contribution is -0.137. The fraction of sp³-hybridized carbons (Fsp3) is 0.263. The first kappa shape index (κ1) is 17.6. The topological polar surface area (TPSA) is 105 Å². The van der Waals surface area contributed by atoms with Gasteiger partial charge in [0.15, 0.2) is 0 Å². The van der Waals surface area contributed by atoms with Crippen molar-refractivity contribution in [2.75, 3.05) is 6.54 Å². The number of carbonyl (C=O) groups excluding carboxylic acids is 1. The average Bonchev–Trinajstić information content (AvgIpc) is 2.99. The number of amides is 1. The standard InChI is InChI=1S/C19H19N3O4/c1-11-5-7-13(8-6-11)15-10-14(17-12(2)22-26-19(17)21-15)18(25)20-9-3-4-16(23)24/h5-8,10H,3-4,9H2,1-2H3,(H,20,25)(H,23,24). The molecule has 134 valence electrons. The lowest BCUT2D eigenvalue weighted by Gasteiger charge is -2.08. The number of fused-ring (bicyclic) bond motifs is 1. The molecular formula is C19H19N3O4. The van der Waals surface area contributed by atoms with Gasteiger partial charge >= 0.3 is 5.97 Å². The average molecular weight is 353 g/mol. The number of carbonyl (C=O) groups is 2. The van der Waals surface area contributed by atoms with Crippen LogP contribution >= 0.6 is 0 Å². The van der Waals surface area contributed by atoms with Gasteiger partial charge in [-0.05, 0) is 26.3 Å². The van der Waals surface area contributed by atoms with Gasteiger partial charge in [-0.3, -0.25) is 9.59 Å². The normalized spacial score (nSPS) is 10.8. The molecule has 0 aliphatic rings. The number of hydrogen-bond donors (Lipinski definition) is 2. The Kier molecular flexibility index (Phi) is 4.97. The van der Waals surface area contributed by atoms with E-state index < -0.39 is 5.97 Å². The van der Waals surface area contributed by atoms with Gasteiger partial charge < -0.3 is 14.9 Å². The van der Waals surface area contributed by atoms with Crippen molar-refractivity contribution in [1.29, 1.82) is 0 Å². The number of pyridine rings is 1. The Bertz CT molecular complexity index is 961. The quantitative estimate of drug-likeness (QED) is 0.660. The molecule has 0 radical (unpaired) electrons. The summed E-state index contributed by atoms with van der Waals surface area (Å²) < 4.78 is 5.26. The zero-order chi connectivity index (χ0) is 18.7. The Morgan fingerprint density at radius 2 is 1.92 bits per heavy atom. The zero-order valence-corrected chi connectivity index (χ0v) is 14.6. The highest BCUT2D eigenvalue weighted by atomic mass is 16.5. The molecule has 7 heteroatoms. The molecule has 7 nitrogen and oxygen atoms in total. The number of carboxylic acid groups (broad SMARTS) is 1. The van der Waals surface area contributed by atoms with Gasteiger partial charge in [-0.15, -0.1) is 0 Å². The Balaban J connectivity index is 1.94. The maximum absolute atomic E-state index is 12.6. The Morgan fingerprint density at radius 1 is 1.19 bits per heavy atom. The maximum atomic E-state index is 12.6. The number of nitrogens with zero attached hydrogens (tertiary/aromatic N) is 2. The van der Waals surface area contributed by atoms with Gasteiger partial charge in [0.25, 0.3) is 11.6 Å². The van der Waals surface area contributed by atoms with Gasteiger partial charge in [-0.1, -0.05) is 35.0 Å². The van der Waals surface area contributed by atoms with E-state index in [9.17, 15) is 9.59 Å². The van der Waals surface area contributed by atoms with Gasteiger partial charge in [0.05, 0.1) is 22.3 Å². The second kappa shape index (κ2) is 7.35. The number of aryl methyl sites for hydroxylation is 2. The predicted octanol–water partition coefficient (Wildman–Crippen LogP) is 3.10. The Morgan fingerprint density at radius 3 is 2.62 bits per heavy atom. The van der Waals surface area contributed by atoms with Crippen LogP contribution in [0.25, 0.3) is 22.4 Å². The van der Waals surface area contributed by atoms with Gasteiger partial charge in [0.2, 0.25) is 0 Å². The van der Waals surface area contributed by atoms with E-state index in [1.54, 1.807) is 13.0 Å². The molecule has 2 aromatic heterocycles. The van der Waals surface area contributed by atoms with Crippen LogP contribution < -0.4 is 5.32 Å². The van der Waals surface area contributed by atoms with E-state index in [1.807, 2.05) is 31.2 Å². The molecular weight excluding hydrogens is 334 g/mol. The summed E-state index contributed by atoms with van der Waals surface area (Å²) in [6.45, 7) is 4.02. The summed E-state index contributed by atoms with van der Waals surface area (Å²) >= 11 is 0. The molecule has 2 heterocycles. The maximum Gasteiger partial charge on any atom is 0.303 e. The highest BCUT2D eigenvalue weighted by Crippen LogP contribution is 2.27. The molecule has 1 amide bonds. The number of rotatable bonds is 6. The summed E-state index contributed by atoms with van der Waals surface area (Å²) in [4.78, 5) is 27.7. The molecule has 3 rings (SSSR count). The fourth-order valence-electron chi connectivity index (χ4n) is 2.68. The van der Waals surface area contributed by atoms with Crippen LogP contribution in [-0.2, 0) is 4.79 Å². The van der Waals surface area contributed by atoms with Crippen molar-refractivity contribution in [3.05, 3.63) is 47.2 Å². The van der Waals surface area contributed by atoms with Gasteiger partial charge in [-0.2, -0.15) is 0 Å². The smallest absolute Gasteiger partial charge is 0.303 e. The van der Waals surface area contributed by atoms with Crippen molar-refractivity contribution in [2.24, 2.45) is 0 Å². The number of nitrogens with one attached hydrogen (secondary N) is 1. The van der Waals surface area contributed by atoms with E-state index in [4.69, 9.17) is 9.63 Å². The summed E-state index contributed by atoms with van der Waals surface area (Å²) in [5.41, 5.74) is 3.91. The number of hydrogen-bond acceptors (Lipinski definition) is 5. The molecule has 0 aliphatic heterocycles. The first-order chi connectivity index (χ1) is 12.5. The van der Waals surface area contributed by atoms with Crippen molar-refractivity contribution in [3.63, 3.8) is 0 Å². The third-order valence-corrected chi connectivity index (χ3v) is 4.06. The van der Waals surface area contributed by atoms with Gasteiger partial charge in [-0.25, -0.2) is 4.98 Å². The van der Waals surface area contributed by atoms with Crippen LogP contribution in [0, 0.1) is 13.8 Å². The number of carboxylic acids is 1. The minimum absolute atomic E-state index is 0.00689. The second-order valence-electron chi connectivity index (χ2n) is 6.12. The second-order valence-corrected chi connectivity index (χ2v) is 6.12. The predicted molar refractivity (Wildman–Crippen MR) is 95.9 cm³/mol. The minimum Gasteiger partial charge on any atom is -0.481 e. The first-order valence-corrected chi connectivity index (χ1v) is 8.30. The monoisotopic (exact) mass is 353 g/mol. The molecule has 0 atom stereocenters. The molecule has 0 bridgehead atoms. The van der Waals surface area contributed by atoms with Crippen LogP contribution in [0.2, 0.25) is 0 Å². The van der Waals surface area contributed by atoms with E-state index >= 15 is 0 Å². The lowest BCUT2D eigenvalue weighted by Crippen LogP contribution is -2.25. The van der Waals surface area contributed by atoms with Gasteiger partial charge in [0.1, 0.15) is 0 Å². The summed E-state index contributed by atoms with van der Waals surface area (Å²) in [6.07, 6.45) is 0.371. The number of aromatic nitrogens is 2. The van der Waals surface area contributed by atoms with Crippen molar-refractivity contribution in [1.82, 2.24) is 15.5 Å². The highest BCUT2D eigenvalue weighted by molar-refractivity contribution is 6.07. The molecule has 3 aromatic rings. The molecule has 26 heavy (non-hydrogen) atoms. The minimum atomic E-state index is -0.887. The molecule has 0 spiro atoms. The third-order valence-electron chi connectivity index (χ3n) is 4.06. The van der Waals surface area contributed by atoms with Crippen LogP contribution in [0.1, 0.15) is 34.5 Å². The van der Waals surface area contributed by atoms with Crippen LogP contribution in [0.3, 0.4) is 0 Å². The van der Waals surface area contributed by atoms with E-state index in [1.165, 1.54) is 0 Å². The van der Waals surface area contributed by atoms with Crippen molar-refractivity contribution in [2.45, 2.75) is 26.7 Å². The zero-order valence-electron chi connectivity index (χ0n) is 14.6. The molecule has 0 aliphatic carbocycles. The summed E-state index contributed by atoms with van der Waals surface area (Å²) in [5, 5.41) is 15.9. The van der Waals surface area contributed by atoms with E-state index in [2.05, 4.69) is 15.5 Å². The summed E-state index contributed by atoms with van der Waals surface area (Å²) in [5.74, 6) is -1.19. The van der Waals surface area contributed by atoms with Crippen molar-refractivity contribution >= 4 is 23.0 Å². The van der Waals surface area contributed by atoms with Gasteiger partial charge in [0, 0.05) is 18.5 Å². The lowest BCUT2D eigenvalue weighted by atomic mass is 10.0. The van der Waals surface area contributed by atoms with Crippen molar-refractivity contribution < 1.29 is 19.2 Å². The SMILES string of the molecule is Cc1ccc(-c2cc(C(=O)NCCCC(=O)O)c3c(C)noc3n2)cc1. The van der Waals surface area contributed by atoms with Crippen LogP contribution in [0.5, 0.6) is 0 Å². The van der Waals surface area contributed by atoms with E-state index in [-0.39, 0.29) is 18.9 Å². The number of aliphatic carboxylic acids is 1. The van der Waals surface area contributed by atoms with Crippen molar-refractivity contribution in [3.8, 4) is 11.3 Å². The molecule has 0 saturated carbocycles. The number of benzene rings is 1.